The first-order valence-corrected chi connectivity index (χ1v) is 11.5. The minimum absolute atomic E-state index is 0.154. The second-order valence-corrected chi connectivity index (χ2v) is 9.63. The summed E-state index contributed by atoms with van der Waals surface area (Å²) in [5, 5.41) is 10.4. The summed E-state index contributed by atoms with van der Waals surface area (Å²) < 4.78 is 25.5. The maximum Gasteiger partial charge on any atom is 0.184 e. The highest BCUT2D eigenvalue weighted by atomic mass is 35.5. The molecule has 5 nitrogen and oxygen atoms in total. The average molecular weight is 430 g/mol. The summed E-state index contributed by atoms with van der Waals surface area (Å²) in [6.45, 7) is 2.07. The fraction of sp³-hybridized carbons (Fsp3) is 0.150. The molecule has 28 heavy (non-hydrogen) atoms. The lowest BCUT2D eigenvalue weighted by Gasteiger charge is -2.12. The van der Waals surface area contributed by atoms with Gasteiger partial charge in [0.05, 0.1) is 10.6 Å². The molecule has 0 aliphatic carbocycles. The second-order valence-electron chi connectivity index (χ2n) is 6.29. The van der Waals surface area contributed by atoms with E-state index in [1.54, 1.807) is 18.3 Å². The topological polar surface area (TPSA) is 72.8 Å². The minimum atomic E-state index is -3.50. The highest BCUT2D eigenvalue weighted by Crippen LogP contribution is 2.32. The van der Waals surface area contributed by atoms with Gasteiger partial charge in [0.2, 0.25) is 0 Å². The standard InChI is InChI=1S/C20H16ClN3O2S2/c1-2-13-9-15(21)3-5-17(13)20-18-6-4-16(10-14(18)7-8-22-20)28(25,26)11-19-24-23-12-27-19/h3-10,12H,2,11H2,1H3. The van der Waals surface area contributed by atoms with Gasteiger partial charge in [-0.05, 0) is 47.7 Å². The molecule has 0 saturated carbocycles. The van der Waals surface area contributed by atoms with E-state index in [9.17, 15) is 8.42 Å². The number of rotatable bonds is 5. The first-order valence-electron chi connectivity index (χ1n) is 8.63. The molecule has 0 aliphatic heterocycles. The van der Waals surface area contributed by atoms with E-state index in [4.69, 9.17) is 11.6 Å². The Kier molecular flexibility index (Phi) is 5.14. The molecule has 0 spiro atoms. The van der Waals surface area contributed by atoms with Crippen LogP contribution in [-0.2, 0) is 22.0 Å². The highest BCUT2D eigenvalue weighted by molar-refractivity contribution is 7.90. The molecule has 2 aromatic carbocycles. The maximum absolute atomic E-state index is 12.7. The first kappa shape index (κ1) is 19.0. The number of aryl methyl sites for hydroxylation is 1. The number of hydrogen-bond donors (Lipinski definition) is 0. The van der Waals surface area contributed by atoms with Crippen molar-refractivity contribution in [3.05, 3.63) is 69.8 Å². The lowest BCUT2D eigenvalue weighted by Crippen LogP contribution is -2.05. The Morgan fingerprint density at radius 3 is 2.71 bits per heavy atom. The van der Waals surface area contributed by atoms with Crippen molar-refractivity contribution in [3.63, 3.8) is 0 Å². The number of pyridine rings is 1. The smallest absolute Gasteiger partial charge is 0.184 e. The van der Waals surface area contributed by atoms with Crippen LogP contribution in [0.1, 0.15) is 17.5 Å². The molecule has 4 aromatic rings. The van der Waals surface area contributed by atoms with E-state index in [2.05, 4.69) is 22.1 Å². The Hall–Kier alpha value is -2.35. The van der Waals surface area contributed by atoms with Crippen molar-refractivity contribution in [1.82, 2.24) is 15.2 Å². The Labute approximate surface area is 172 Å². The van der Waals surface area contributed by atoms with Crippen LogP contribution in [0.5, 0.6) is 0 Å². The van der Waals surface area contributed by atoms with E-state index in [1.807, 2.05) is 30.3 Å². The number of nitrogens with zero attached hydrogens (tertiary/aromatic N) is 3. The predicted molar refractivity (Wildman–Crippen MR) is 112 cm³/mol. The Bertz CT molecular complexity index is 1260. The Balaban J connectivity index is 1.81. The van der Waals surface area contributed by atoms with Crippen molar-refractivity contribution in [2.24, 2.45) is 0 Å². The van der Waals surface area contributed by atoms with Crippen molar-refractivity contribution in [3.8, 4) is 11.3 Å². The number of halogens is 1. The molecule has 0 unspecified atom stereocenters. The van der Waals surface area contributed by atoms with Gasteiger partial charge in [0.15, 0.2) is 9.84 Å². The van der Waals surface area contributed by atoms with Crippen LogP contribution in [0.4, 0.5) is 0 Å². The lowest BCUT2D eigenvalue weighted by atomic mass is 9.98. The summed E-state index contributed by atoms with van der Waals surface area (Å²) in [7, 11) is -3.50. The second kappa shape index (κ2) is 7.58. The van der Waals surface area contributed by atoms with Gasteiger partial charge >= 0.3 is 0 Å². The molecule has 0 aliphatic rings. The SMILES string of the molecule is CCc1cc(Cl)ccc1-c1nccc2cc(S(=O)(=O)Cc3nncs3)ccc12. The normalized spacial score (nSPS) is 11.8. The average Bonchev–Trinajstić information content (AvgIpc) is 3.19. The number of benzene rings is 2. The molecule has 0 saturated heterocycles. The zero-order valence-corrected chi connectivity index (χ0v) is 17.4. The monoisotopic (exact) mass is 429 g/mol. The third-order valence-corrected chi connectivity index (χ3v) is 7.26. The fourth-order valence-electron chi connectivity index (χ4n) is 3.15. The molecule has 0 N–H and O–H groups in total. The lowest BCUT2D eigenvalue weighted by molar-refractivity contribution is 0.595. The number of fused-ring (bicyclic) bond motifs is 1. The molecule has 0 fully saturated rings. The van der Waals surface area contributed by atoms with Gasteiger partial charge in [-0.2, -0.15) is 0 Å². The summed E-state index contributed by atoms with van der Waals surface area (Å²) in [6.07, 6.45) is 2.52. The van der Waals surface area contributed by atoms with Gasteiger partial charge in [-0.25, -0.2) is 8.42 Å². The Morgan fingerprint density at radius 2 is 1.96 bits per heavy atom. The van der Waals surface area contributed by atoms with E-state index in [0.717, 1.165) is 34.0 Å². The molecule has 4 rings (SSSR count). The van der Waals surface area contributed by atoms with Gasteiger partial charge in [-0.3, -0.25) is 4.98 Å². The molecule has 0 radical (unpaired) electrons. The fourth-order valence-corrected chi connectivity index (χ4v) is 5.53. The third-order valence-electron chi connectivity index (χ3n) is 4.52. The van der Waals surface area contributed by atoms with E-state index in [0.29, 0.717) is 10.0 Å². The van der Waals surface area contributed by atoms with Gasteiger partial charge in [0, 0.05) is 22.2 Å². The zero-order chi connectivity index (χ0) is 19.7. The van der Waals surface area contributed by atoms with Gasteiger partial charge < -0.3 is 0 Å². The quantitative estimate of drug-likeness (QED) is 0.449. The van der Waals surface area contributed by atoms with E-state index >= 15 is 0 Å². The summed E-state index contributed by atoms with van der Waals surface area (Å²) in [5.41, 5.74) is 4.45. The van der Waals surface area contributed by atoms with Crippen LogP contribution in [-0.4, -0.2) is 23.6 Å². The van der Waals surface area contributed by atoms with Crippen molar-refractivity contribution in [2.45, 2.75) is 24.0 Å². The number of hydrogen-bond acceptors (Lipinski definition) is 6. The molecular formula is C20H16ClN3O2S2. The van der Waals surface area contributed by atoms with Crippen molar-refractivity contribution < 1.29 is 8.42 Å². The van der Waals surface area contributed by atoms with Crippen LogP contribution in [0.25, 0.3) is 22.0 Å². The largest absolute Gasteiger partial charge is 0.256 e. The van der Waals surface area contributed by atoms with Crippen LogP contribution in [0.15, 0.2) is 59.1 Å². The van der Waals surface area contributed by atoms with E-state index < -0.39 is 9.84 Å². The number of sulfone groups is 1. The summed E-state index contributed by atoms with van der Waals surface area (Å²) in [6, 6.07) is 12.7. The molecule has 142 valence electrons. The van der Waals surface area contributed by atoms with E-state index in [-0.39, 0.29) is 10.6 Å². The van der Waals surface area contributed by atoms with Crippen molar-refractivity contribution in [1.29, 1.82) is 0 Å². The summed E-state index contributed by atoms with van der Waals surface area (Å²) >= 11 is 7.37. The number of aromatic nitrogens is 3. The molecule has 8 heteroatoms. The van der Waals surface area contributed by atoms with Gasteiger partial charge in [0.1, 0.15) is 16.3 Å². The zero-order valence-electron chi connectivity index (χ0n) is 15.0. The van der Waals surface area contributed by atoms with Gasteiger partial charge in [0.25, 0.3) is 0 Å². The molecule has 0 amide bonds. The maximum atomic E-state index is 12.7. The van der Waals surface area contributed by atoms with E-state index in [1.165, 1.54) is 16.8 Å². The molecule has 0 atom stereocenters. The van der Waals surface area contributed by atoms with Gasteiger partial charge in [-0.1, -0.05) is 30.7 Å². The minimum Gasteiger partial charge on any atom is -0.256 e. The van der Waals surface area contributed by atoms with Crippen LogP contribution in [0, 0.1) is 0 Å². The van der Waals surface area contributed by atoms with Crippen LogP contribution >= 0.6 is 22.9 Å². The summed E-state index contributed by atoms with van der Waals surface area (Å²) in [5.74, 6) is -0.154. The van der Waals surface area contributed by atoms with Gasteiger partial charge in [-0.15, -0.1) is 21.5 Å². The highest BCUT2D eigenvalue weighted by Gasteiger charge is 2.19. The van der Waals surface area contributed by atoms with Crippen molar-refractivity contribution in [2.75, 3.05) is 0 Å². The summed E-state index contributed by atoms with van der Waals surface area (Å²) in [4.78, 5) is 4.82. The van der Waals surface area contributed by atoms with Crippen LogP contribution in [0.3, 0.4) is 0 Å². The van der Waals surface area contributed by atoms with Crippen LogP contribution in [0.2, 0.25) is 5.02 Å². The molecule has 2 heterocycles. The predicted octanol–water partition coefficient (Wildman–Crippen LogP) is 4.94. The third kappa shape index (κ3) is 3.65. The molecule has 0 bridgehead atoms. The molecular weight excluding hydrogens is 414 g/mol. The molecule has 2 aromatic heterocycles. The van der Waals surface area contributed by atoms with Crippen LogP contribution < -0.4 is 0 Å². The Morgan fingerprint density at radius 1 is 1.11 bits per heavy atom. The first-order chi connectivity index (χ1) is 13.5. The van der Waals surface area contributed by atoms with Crippen molar-refractivity contribution >= 4 is 43.5 Å².